The van der Waals surface area contributed by atoms with E-state index in [-0.39, 0.29) is 5.82 Å². The third-order valence-corrected chi connectivity index (χ3v) is 3.87. The van der Waals surface area contributed by atoms with Gasteiger partial charge in [-0.1, -0.05) is 12.1 Å². The number of rotatable bonds is 6. The van der Waals surface area contributed by atoms with Crippen LogP contribution in [-0.4, -0.2) is 24.1 Å². The number of hydrogen-bond donors (Lipinski definition) is 2. The second kappa shape index (κ2) is 7.82. The summed E-state index contributed by atoms with van der Waals surface area (Å²) in [7, 11) is 4.02. The fraction of sp³-hybridized carbons (Fsp3) is 0.200. The highest BCUT2D eigenvalue weighted by Crippen LogP contribution is 2.20. The van der Waals surface area contributed by atoms with Crippen LogP contribution in [0.1, 0.15) is 11.3 Å². The minimum absolute atomic E-state index is 0.243. The number of aromatic nitrogens is 2. The number of benzene rings is 2. The zero-order valence-electron chi connectivity index (χ0n) is 15.1. The molecule has 0 aliphatic carbocycles. The zero-order chi connectivity index (χ0) is 18.5. The molecule has 3 rings (SSSR count). The average Bonchev–Trinajstić information content (AvgIpc) is 2.61. The van der Waals surface area contributed by atoms with Crippen molar-refractivity contribution in [2.45, 2.75) is 13.5 Å². The van der Waals surface area contributed by atoms with Gasteiger partial charge in [0.15, 0.2) is 0 Å². The summed E-state index contributed by atoms with van der Waals surface area (Å²) < 4.78 is 13.0. The van der Waals surface area contributed by atoms with E-state index < -0.39 is 0 Å². The highest BCUT2D eigenvalue weighted by Gasteiger charge is 2.04. The van der Waals surface area contributed by atoms with Crippen LogP contribution < -0.4 is 15.5 Å². The van der Waals surface area contributed by atoms with Gasteiger partial charge >= 0.3 is 0 Å². The number of nitrogens with zero attached hydrogens (tertiary/aromatic N) is 3. The summed E-state index contributed by atoms with van der Waals surface area (Å²) in [5.74, 6) is 1.01. The van der Waals surface area contributed by atoms with E-state index in [2.05, 4.69) is 25.5 Å². The molecule has 2 aromatic carbocycles. The van der Waals surface area contributed by atoms with E-state index in [9.17, 15) is 4.39 Å². The molecule has 0 saturated heterocycles. The van der Waals surface area contributed by atoms with Crippen molar-refractivity contribution >= 4 is 23.1 Å². The molecule has 0 spiro atoms. The van der Waals surface area contributed by atoms with E-state index in [0.29, 0.717) is 12.5 Å². The molecule has 0 saturated carbocycles. The monoisotopic (exact) mass is 351 g/mol. The summed E-state index contributed by atoms with van der Waals surface area (Å²) >= 11 is 0. The minimum Gasteiger partial charge on any atom is -0.378 e. The maximum Gasteiger partial charge on any atom is 0.225 e. The van der Waals surface area contributed by atoms with E-state index >= 15 is 0 Å². The van der Waals surface area contributed by atoms with Crippen molar-refractivity contribution in [3.8, 4) is 0 Å². The molecule has 0 amide bonds. The topological polar surface area (TPSA) is 53.1 Å². The predicted octanol–water partition coefficient (Wildman–Crippen LogP) is 4.35. The predicted molar refractivity (Wildman–Crippen MR) is 105 cm³/mol. The van der Waals surface area contributed by atoms with Crippen LogP contribution in [0.4, 0.5) is 27.5 Å². The molecular formula is C20H22FN5. The maximum absolute atomic E-state index is 13.0. The fourth-order valence-electron chi connectivity index (χ4n) is 2.49. The van der Waals surface area contributed by atoms with Crippen LogP contribution in [0.5, 0.6) is 0 Å². The van der Waals surface area contributed by atoms with Gasteiger partial charge < -0.3 is 15.5 Å². The molecule has 0 fully saturated rings. The van der Waals surface area contributed by atoms with Crippen molar-refractivity contribution in [2.75, 3.05) is 29.6 Å². The third-order valence-electron chi connectivity index (χ3n) is 3.87. The van der Waals surface area contributed by atoms with E-state index in [0.717, 1.165) is 28.5 Å². The molecule has 26 heavy (non-hydrogen) atoms. The first-order valence-electron chi connectivity index (χ1n) is 8.38. The lowest BCUT2D eigenvalue weighted by Crippen LogP contribution is -2.08. The van der Waals surface area contributed by atoms with Crippen LogP contribution in [0.25, 0.3) is 0 Å². The molecule has 0 atom stereocenters. The largest absolute Gasteiger partial charge is 0.378 e. The molecule has 1 aromatic heterocycles. The molecule has 2 N–H and O–H groups in total. The molecule has 1 heterocycles. The summed E-state index contributed by atoms with van der Waals surface area (Å²) in [6.07, 6.45) is 0. The molecule has 0 radical (unpaired) electrons. The summed E-state index contributed by atoms with van der Waals surface area (Å²) in [4.78, 5) is 11.0. The van der Waals surface area contributed by atoms with E-state index in [1.165, 1.54) is 12.1 Å². The van der Waals surface area contributed by atoms with Gasteiger partial charge in [-0.15, -0.1) is 0 Å². The summed E-state index contributed by atoms with van der Waals surface area (Å²) in [5, 5.41) is 6.48. The van der Waals surface area contributed by atoms with Gasteiger partial charge in [0.2, 0.25) is 5.95 Å². The van der Waals surface area contributed by atoms with E-state index in [1.807, 2.05) is 51.4 Å². The van der Waals surface area contributed by atoms with Gasteiger partial charge in [-0.05, 0) is 48.9 Å². The Balaban J connectivity index is 1.69. The molecule has 3 aromatic rings. The molecule has 0 unspecified atom stereocenters. The summed E-state index contributed by atoms with van der Waals surface area (Å²) in [6.45, 7) is 2.45. The Labute approximate surface area is 152 Å². The maximum atomic E-state index is 13.0. The number of aryl methyl sites for hydroxylation is 1. The zero-order valence-corrected chi connectivity index (χ0v) is 15.1. The highest BCUT2D eigenvalue weighted by atomic mass is 19.1. The summed E-state index contributed by atoms with van der Waals surface area (Å²) in [5.41, 5.74) is 3.91. The normalized spacial score (nSPS) is 10.5. The second-order valence-corrected chi connectivity index (χ2v) is 6.26. The molecule has 0 bridgehead atoms. The Kier molecular flexibility index (Phi) is 5.31. The molecule has 134 valence electrons. The van der Waals surface area contributed by atoms with Gasteiger partial charge in [-0.3, -0.25) is 0 Å². The van der Waals surface area contributed by atoms with Crippen molar-refractivity contribution in [2.24, 2.45) is 0 Å². The molecular weight excluding hydrogens is 329 g/mol. The van der Waals surface area contributed by atoms with Gasteiger partial charge in [0.1, 0.15) is 11.6 Å². The van der Waals surface area contributed by atoms with E-state index in [1.54, 1.807) is 12.1 Å². The standard InChI is InChI=1S/C20H22FN5/c1-14-12-19(24-17-8-10-18(11-9-17)26(2)3)25-20(23-14)22-13-15-4-6-16(21)7-5-15/h4-12H,13H2,1-3H3,(H2,22,23,24,25). The first-order valence-corrected chi connectivity index (χ1v) is 8.38. The highest BCUT2D eigenvalue weighted by molar-refractivity contribution is 5.61. The van der Waals surface area contributed by atoms with Gasteiger partial charge in [-0.2, -0.15) is 4.98 Å². The van der Waals surface area contributed by atoms with E-state index in [4.69, 9.17) is 0 Å². The first kappa shape index (κ1) is 17.7. The van der Waals surface area contributed by atoms with Crippen LogP contribution in [-0.2, 0) is 6.54 Å². The Morgan fingerprint density at radius 2 is 1.65 bits per heavy atom. The van der Waals surface area contributed by atoms with Crippen LogP contribution in [0.2, 0.25) is 0 Å². The Morgan fingerprint density at radius 1 is 0.962 bits per heavy atom. The van der Waals surface area contributed by atoms with Crippen molar-refractivity contribution < 1.29 is 4.39 Å². The van der Waals surface area contributed by atoms with Crippen molar-refractivity contribution in [3.63, 3.8) is 0 Å². The number of halogens is 1. The smallest absolute Gasteiger partial charge is 0.225 e. The Bertz CT molecular complexity index is 860. The third kappa shape index (κ3) is 4.69. The van der Waals surface area contributed by atoms with Gasteiger partial charge in [0, 0.05) is 43.8 Å². The number of anilines is 4. The van der Waals surface area contributed by atoms with Crippen LogP contribution >= 0.6 is 0 Å². The van der Waals surface area contributed by atoms with Crippen molar-refractivity contribution in [3.05, 3.63) is 71.7 Å². The minimum atomic E-state index is -0.243. The molecule has 5 nitrogen and oxygen atoms in total. The van der Waals surface area contributed by atoms with Crippen LogP contribution in [0, 0.1) is 12.7 Å². The second-order valence-electron chi connectivity index (χ2n) is 6.26. The average molecular weight is 351 g/mol. The lowest BCUT2D eigenvalue weighted by molar-refractivity contribution is 0.627. The molecule has 0 aliphatic rings. The number of hydrogen-bond acceptors (Lipinski definition) is 5. The lowest BCUT2D eigenvalue weighted by atomic mass is 10.2. The Morgan fingerprint density at radius 3 is 2.31 bits per heavy atom. The van der Waals surface area contributed by atoms with Gasteiger partial charge in [0.05, 0.1) is 0 Å². The van der Waals surface area contributed by atoms with Crippen molar-refractivity contribution in [1.29, 1.82) is 0 Å². The first-order chi connectivity index (χ1) is 12.5. The van der Waals surface area contributed by atoms with Crippen LogP contribution in [0.3, 0.4) is 0 Å². The SMILES string of the molecule is Cc1cc(Nc2ccc(N(C)C)cc2)nc(NCc2ccc(F)cc2)n1. The van der Waals surface area contributed by atoms with Gasteiger partial charge in [-0.25, -0.2) is 9.37 Å². The Hall–Kier alpha value is -3.15. The summed E-state index contributed by atoms with van der Waals surface area (Å²) in [6, 6.07) is 16.4. The van der Waals surface area contributed by atoms with Crippen molar-refractivity contribution in [1.82, 2.24) is 9.97 Å². The van der Waals surface area contributed by atoms with Gasteiger partial charge in [0.25, 0.3) is 0 Å². The van der Waals surface area contributed by atoms with Crippen LogP contribution in [0.15, 0.2) is 54.6 Å². The fourth-order valence-corrected chi connectivity index (χ4v) is 2.49. The quantitative estimate of drug-likeness (QED) is 0.692. The molecule has 6 heteroatoms. The number of nitrogens with one attached hydrogen (secondary N) is 2. The lowest BCUT2D eigenvalue weighted by Gasteiger charge is -2.14. The molecule has 0 aliphatic heterocycles.